The maximum Gasteiger partial charge on any atom is 0.162 e. The fourth-order valence-corrected chi connectivity index (χ4v) is 3.49. The van der Waals surface area contributed by atoms with E-state index in [2.05, 4.69) is 48.6 Å². The second-order valence-electron chi connectivity index (χ2n) is 8.60. The van der Waals surface area contributed by atoms with E-state index in [1.165, 1.54) is 0 Å². The summed E-state index contributed by atoms with van der Waals surface area (Å²) in [6.07, 6.45) is 24.2. The van der Waals surface area contributed by atoms with Crippen molar-refractivity contribution in [1.29, 1.82) is 0 Å². The molecule has 3 rings (SSSR count). The molecule has 0 spiro atoms. The van der Waals surface area contributed by atoms with Crippen molar-refractivity contribution in [2.75, 3.05) is 26.4 Å². The summed E-state index contributed by atoms with van der Waals surface area (Å²) in [6, 6.07) is 0. The van der Waals surface area contributed by atoms with Crippen molar-refractivity contribution >= 4 is 0 Å². The monoisotopic (exact) mass is 388 g/mol. The Hall–Kier alpha value is -1.20. The molecule has 0 N–H and O–H groups in total. The van der Waals surface area contributed by atoms with Crippen LogP contribution < -0.4 is 0 Å². The van der Waals surface area contributed by atoms with Crippen molar-refractivity contribution in [1.82, 2.24) is 0 Å². The van der Waals surface area contributed by atoms with Crippen molar-refractivity contribution < 1.29 is 18.9 Å². The second kappa shape index (κ2) is 10.5. The van der Waals surface area contributed by atoms with Crippen molar-refractivity contribution in [2.24, 2.45) is 5.41 Å². The van der Waals surface area contributed by atoms with Gasteiger partial charge >= 0.3 is 0 Å². The third-order valence-electron chi connectivity index (χ3n) is 5.43. The average Bonchev–Trinajstić information content (AvgIpc) is 2.62. The SMILES string of the molecule is CC1(C)OCC(COC2/C=C\CC/C=C\C2)(COC2/C=C\CC/C=C\C2)CO1. The molecule has 2 aliphatic carbocycles. The zero-order chi connectivity index (χ0) is 19.7. The van der Waals surface area contributed by atoms with E-state index in [4.69, 9.17) is 18.9 Å². The molecule has 28 heavy (non-hydrogen) atoms. The number of ether oxygens (including phenoxy) is 4. The highest BCUT2D eigenvalue weighted by molar-refractivity contribution is 5.01. The summed E-state index contributed by atoms with van der Waals surface area (Å²) >= 11 is 0. The van der Waals surface area contributed by atoms with E-state index in [9.17, 15) is 0 Å². The smallest absolute Gasteiger partial charge is 0.162 e. The van der Waals surface area contributed by atoms with E-state index < -0.39 is 5.79 Å². The zero-order valence-corrected chi connectivity index (χ0v) is 17.5. The third-order valence-corrected chi connectivity index (χ3v) is 5.43. The molecule has 3 aliphatic rings. The molecule has 156 valence electrons. The fourth-order valence-electron chi connectivity index (χ4n) is 3.49. The van der Waals surface area contributed by atoms with E-state index in [-0.39, 0.29) is 17.6 Å². The normalized spacial score (nSPS) is 34.2. The molecule has 0 aromatic heterocycles. The van der Waals surface area contributed by atoms with Crippen LogP contribution in [-0.2, 0) is 18.9 Å². The third kappa shape index (κ3) is 7.00. The van der Waals surface area contributed by atoms with Crippen molar-refractivity contribution in [2.45, 2.75) is 70.4 Å². The molecular formula is C24H36O4. The number of rotatable bonds is 6. The average molecular weight is 389 g/mol. The Bertz CT molecular complexity index is 537. The summed E-state index contributed by atoms with van der Waals surface area (Å²) in [5.41, 5.74) is -0.282. The molecule has 4 heteroatoms. The van der Waals surface area contributed by atoms with Gasteiger partial charge in [-0.05, 0) is 52.4 Å². The van der Waals surface area contributed by atoms with Crippen molar-refractivity contribution in [3.05, 3.63) is 48.6 Å². The summed E-state index contributed by atoms with van der Waals surface area (Å²) in [5.74, 6) is -0.546. The summed E-state index contributed by atoms with van der Waals surface area (Å²) in [6.45, 7) is 6.22. The minimum atomic E-state index is -0.546. The Kier molecular flexibility index (Phi) is 8.10. The summed E-state index contributed by atoms with van der Waals surface area (Å²) in [4.78, 5) is 0. The lowest BCUT2D eigenvalue weighted by molar-refractivity contribution is -0.300. The lowest BCUT2D eigenvalue weighted by Gasteiger charge is -2.43. The second-order valence-corrected chi connectivity index (χ2v) is 8.60. The van der Waals surface area contributed by atoms with Gasteiger partial charge in [0.2, 0.25) is 0 Å². The first-order valence-electron chi connectivity index (χ1n) is 10.7. The van der Waals surface area contributed by atoms with Crippen LogP contribution in [0.1, 0.15) is 52.4 Å². The molecule has 0 aromatic rings. The van der Waals surface area contributed by atoms with Crippen LogP contribution >= 0.6 is 0 Å². The summed E-state index contributed by atoms with van der Waals surface area (Å²) < 4.78 is 24.6. The molecule has 1 fully saturated rings. The predicted molar refractivity (Wildman–Crippen MR) is 112 cm³/mol. The lowest BCUT2D eigenvalue weighted by Crippen LogP contribution is -2.52. The fraction of sp³-hybridized carbons (Fsp3) is 0.667. The maximum atomic E-state index is 6.30. The Balaban J connectivity index is 1.60. The summed E-state index contributed by atoms with van der Waals surface area (Å²) in [5, 5.41) is 0. The van der Waals surface area contributed by atoms with Crippen molar-refractivity contribution in [3.63, 3.8) is 0 Å². The van der Waals surface area contributed by atoms with Gasteiger partial charge in [-0.2, -0.15) is 0 Å². The van der Waals surface area contributed by atoms with Crippen LogP contribution in [-0.4, -0.2) is 44.4 Å². The standard InChI is InChI=1S/C24H36O4/c1-23(2)27-19-24(20-28-23,17-25-21-13-9-5-3-6-10-14-21)18-26-22-15-11-7-4-8-12-16-22/h5,7,9-12,14,16,21-22H,3-4,6,8,13,15,17-20H2,1-2H3/b9-5-,11-7-,14-10-,16-12-. The van der Waals surface area contributed by atoms with Crippen LogP contribution in [0.5, 0.6) is 0 Å². The largest absolute Gasteiger partial charge is 0.373 e. The molecule has 2 unspecified atom stereocenters. The maximum absolute atomic E-state index is 6.30. The number of allylic oxidation sites excluding steroid dienone is 4. The van der Waals surface area contributed by atoms with Gasteiger partial charge in [0, 0.05) is 0 Å². The van der Waals surface area contributed by atoms with E-state index >= 15 is 0 Å². The number of hydrogen-bond donors (Lipinski definition) is 0. The highest BCUT2D eigenvalue weighted by Crippen LogP contribution is 2.32. The van der Waals surface area contributed by atoms with Gasteiger partial charge in [-0.25, -0.2) is 0 Å². The van der Waals surface area contributed by atoms with E-state index in [1.54, 1.807) is 0 Å². The van der Waals surface area contributed by atoms with E-state index in [1.807, 2.05) is 13.8 Å². The van der Waals surface area contributed by atoms with E-state index in [0.717, 1.165) is 38.5 Å². The Labute approximate surface area is 170 Å². The molecule has 0 amide bonds. The quantitative estimate of drug-likeness (QED) is 0.592. The molecule has 0 bridgehead atoms. The molecule has 0 aromatic carbocycles. The molecular weight excluding hydrogens is 352 g/mol. The van der Waals surface area contributed by atoms with E-state index in [0.29, 0.717) is 26.4 Å². The molecule has 2 atom stereocenters. The zero-order valence-electron chi connectivity index (χ0n) is 17.5. The lowest BCUT2D eigenvalue weighted by atomic mass is 9.90. The highest BCUT2D eigenvalue weighted by atomic mass is 16.7. The molecule has 4 nitrogen and oxygen atoms in total. The van der Waals surface area contributed by atoms with Gasteiger partial charge in [0.05, 0.1) is 44.1 Å². The minimum Gasteiger partial charge on any atom is -0.373 e. The van der Waals surface area contributed by atoms with Gasteiger partial charge < -0.3 is 18.9 Å². The van der Waals surface area contributed by atoms with Gasteiger partial charge in [0.1, 0.15) is 0 Å². The van der Waals surface area contributed by atoms with Crippen LogP contribution in [0.15, 0.2) is 48.6 Å². The molecule has 1 saturated heterocycles. The van der Waals surface area contributed by atoms with Gasteiger partial charge in [0.15, 0.2) is 5.79 Å². The van der Waals surface area contributed by atoms with Crippen LogP contribution in [0.2, 0.25) is 0 Å². The summed E-state index contributed by atoms with van der Waals surface area (Å²) in [7, 11) is 0. The number of hydrogen-bond acceptors (Lipinski definition) is 4. The highest BCUT2D eigenvalue weighted by Gasteiger charge is 2.41. The minimum absolute atomic E-state index is 0.104. The first kappa shape index (κ1) is 21.5. The van der Waals surface area contributed by atoms with Gasteiger partial charge in [-0.3, -0.25) is 0 Å². The predicted octanol–water partition coefficient (Wildman–Crippen LogP) is 5.12. The van der Waals surface area contributed by atoms with Gasteiger partial charge in [0.25, 0.3) is 0 Å². The van der Waals surface area contributed by atoms with Gasteiger partial charge in [-0.15, -0.1) is 0 Å². The van der Waals surface area contributed by atoms with Gasteiger partial charge in [-0.1, -0.05) is 48.6 Å². The molecule has 0 radical (unpaired) electrons. The van der Waals surface area contributed by atoms with Crippen LogP contribution in [0, 0.1) is 5.41 Å². The molecule has 1 heterocycles. The first-order valence-corrected chi connectivity index (χ1v) is 10.7. The topological polar surface area (TPSA) is 36.9 Å². The molecule has 0 saturated carbocycles. The van der Waals surface area contributed by atoms with Crippen LogP contribution in [0.3, 0.4) is 0 Å². The Morgan fingerprint density at radius 1 is 0.714 bits per heavy atom. The Morgan fingerprint density at radius 3 is 1.68 bits per heavy atom. The first-order chi connectivity index (χ1) is 13.6. The van der Waals surface area contributed by atoms with Crippen LogP contribution in [0.25, 0.3) is 0 Å². The molecule has 1 aliphatic heterocycles. The Morgan fingerprint density at radius 2 is 1.18 bits per heavy atom. The van der Waals surface area contributed by atoms with Crippen LogP contribution in [0.4, 0.5) is 0 Å². The van der Waals surface area contributed by atoms with Crippen molar-refractivity contribution in [3.8, 4) is 0 Å².